The van der Waals surface area contributed by atoms with Gasteiger partial charge in [0, 0.05) is 42.2 Å². The van der Waals surface area contributed by atoms with Gasteiger partial charge < -0.3 is 20.4 Å². The summed E-state index contributed by atoms with van der Waals surface area (Å²) < 4.78 is 5.25. The van der Waals surface area contributed by atoms with Crippen molar-refractivity contribution in [3.63, 3.8) is 0 Å². The average Bonchev–Trinajstić information content (AvgIpc) is 3.19. The van der Waals surface area contributed by atoms with Crippen molar-refractivity contribution in [3.8, 4) is 28.4 Å². The summed E-state index contributed by atoms with van der Waals surface area (Å²) >= 11 is 0. The minimum absolute atomic E-state index is 0.00145. The number of fused-ring (bicyclic) bond motifs is 5. The lowest BCUT2D eigenvalue weighted by molar-refractivity contribution is -0.111. The zero-order chi connectivity index (χ0) is 21.5. The van der Waals surface area contributed by atoms with Gasteiger partial charge in [-0.1, -0.05) is 6.58 Å². The van der Waals surface area contributed by atoms with Crippen molar-refractivity contribution in [1.82, 2.24) is 20.3 Å². The van der Waals surface area contributed by atoms with E-state index < -0.39 is 0 Å². The second-order valence-corrected chi connectivity index (χ2v) is 7.54. The molecule has 1 aliphatic heterocycles. The summed E-state index contributed by atoms with van der Waals surface area (Å²) in [6, 6.07) is 3.79. The number of carbonyl (C=O) groups is 2. The minimum atomic E-state index is -0.351. The minimum Gasteiger partial charge on any atom is -0.480 e. The highest BCUT2D eigenvalue weighted by atomic mass is 16.5. The Balaban J connectivity index is 1.59. The third-order valence-electron chi connectivity index (χ3n) is 5.75. The number of aryl methyl sites for hydroxylation is 1. The number of carbonyl (C=O) groups excluding carboxylic acids is 2. The molecule has 0 saturated carbocycles. The van der Waals surface area contributed by atoms with Gasteiger partial charge in [-0.2, -0.15) is 0 Å². The van der Waals surface area contributed by atoms with Gasteiger partial charge >= 0.3 is 0 Å². The van der Waals surface area contributed by atoms with Gasteiger partial charge in [0.25, 0.3) is 5.91 Å². The van der Waals surface area contributed by atoms with E-state index >= 15 is 0 Å². The maximum absolute atomic E-state index is 12.4. The summed E-state index contributed by atoms with van der Waals surface area (Å²) in [6.45, 7) is 4.13. The second kappa shape index (κ2) is 7.39. The van der Waals surface area contributed by atoms with Gasteiger partial charge in [0.1, 0.15) is 5.69 Å². The van der Waals surface area contributed by atoms with Crippen LogP contribution in [-0.2, 0) is 24.1 Å². The molecule has 0 unspecified atom stereocenters. The molecule has 1 aliphatic carbocycles. The van der Waals surface area contributed by atoms with E-state index in [2.05, 4.69) is 32.2 Å². The Bertz CT molecular complexity index is 1240. The van der Waals surface area contributed by atoms with Gasteiger partial charge in [0.2, 0.25) is 11.8 Å². The lowest BCUT2D eigenvalue weighted by atomic mass is 9.88. The molecule has 0 aromatic carbocycles. The maximum atomic E-state index is 12.4. The Morgan fingerprint density at radius 3 is 2.90 bits per heavy atom. The van der Waals surface area contributed by atoms with Gasteiger partial charge in [-0.15, -0.1) is 0 Å². The van der Waals surface area contributed by atoms with Gasteiger partial charge in [-0.25, -0.2) is 4.98 Å². The number of aromatic nitrogens is 3. The van der Waals surface area contributed by atoms with Crippen LogP contribution in [0.4, 0.5) is 5.69 Å². The fraction of sp³-hybridized carbons (Fsp3) is 0.217. The van der Waals surface area contributed by atoms with Gasteiger partial charge in [-0.3, -0.25) is 14.6 Å². The highest BCUT2D eigenvalue weighted by Gasteiger charge is 2.29. The van der Waals surface area contributed by atoms with E-state index in [1.165, 1.54) is 13.2 Å². The molecule has 3 aromatic rings. The number of H-pyrrole nitrogens is 1. The normalized spacial score (nSPS) is 14.0. The molecule has 0 bridgehead atoms. The van der Waals surface area contributed by atoms with Crippen LogP contribution in [0.2, 0.25) is 0 Å². The molecule has 4 heterocycles. The van der Waals surface area contributed by atoms with Crippen LogP contribution in [0.1, 0.15) is 27.2 Å². The summed E-state index contributed by atoms with van der Waals surface area (Å²) in [5.41, 5.74) is 7.94. The molecule has 0 atom stereocenters. The number of methoxy groups -OCH3 is 1. The zero-order valence-corrected chi connectivity index (χ0v) is 17.0. The van der Waals surface area contributed by atoms with Crippen LogP contribution in [0, 0.1) is 0 Å². The SMILES string of the molecule is C=CC(=O)Nc1cc(-c2cc3c(cn2)CCc2c-3[nH]c3c2C(=O)NCC3)cnc1OC. The molecular formula is C23H21N5O3. The first kappa shape index (κ1) is 19.0. The van der Waals surface area contributed by atoms with Gasteiger partial charge in [-0.05, 0) is 42.2 Å². The van der Waals surface area contributed by atoms with Crippen molar-refractivity contribution in [3.05, 3.63) is 59.6 Å². The van der Waals surface area contributed by atoms with E-state index in [0.29, 0.717) is 23.8 Å². The van der Waals surface area contributed by atoms with Gasteiger partial charge in [0.15, 0.2) is 0 Å². The van der Waals surface area contributed by atoms with Crippen LogP contribution < -0.4 is 15.4 Å². The molecule has 2 aliphatic rings. The molecule has 5 rings (SSSR count). The summed E-state index contributed by atoms with van der Waals surface area (Å²) in [7, 11) is 1.49. The molecule has 8 nitrogen and oxygen atoms in total. The first-order chi connectivity index (χ1) is 15.1. The molecule has 3 N–H and O–H groups in total. The Hall–Kier alpha value is -3.94. The number of anilines is 1. The van der Waals surface area contributed by atoms with Crippen LogP contribution in [0.15, 0.2) is 37.2 Å². The second-order valence-electron chi connectivity index (χ2n) is 7.54. The van der Waals surface area contributed by atoms with Crippen molar-refractivity contribution >= 4 is 17.5 Å². The Kier molecular flexibility index (Phi) is 4.54. The molecule has 8 heteroatoms. The van der Waals surface area contributed by atoms with E-state index in [4.69, 9.17) is 4.74 Å². The zero-order valence-electron chi connectivity index (χ0n) is 17.0. The third-order valence-corrected chi connectivity index (χ3v) is 5.75. The average molecular weight is 415 g/mol. The fourth-order valence-electron chi connectivity index (χ4n) is 4.29. The lowest BCUT2D eigenvalue weighted by Gasteiger charge is -2.19. The molecular weight excluding hydrogens is 394 g/mol. The van der Waals surface area contributed by atoms with E-state index in [9.17, 15) is 9.59 Å². The fourth-order valence-corrected chi connectivity index (χ4v) is 4.29. The Morgan fingerprint density at radius 2 is 2.10 bits per heavy atom. The lowest BCUT2D eigenvalue weighted by Crippen LogP contribution is -2.32. The highest BCUT2D eigenvalue weighted by molar-refractivity contribution is 6.01. The number of hydrogen-bond donors (Lipinski definition) is 3. The predicted octanol–water partition coefficient (Wildman–Crippen LogP) is 2.66. The monoisotopic (exact) mass is 415 g/mol. The van der Waals surface area contributed by atoms with Crippen LogP contribution in [0.5, 0.6) is 5.88 Å². The van der Waals surface area contributed by atoms with Crippen molar-refractivity contribution in [1.29, 1.82) is 0 Å². The number of rotatable bonds is 4. The number of pyridine rings is 2. The standard InChI is InChI=1S/C23H21N5O3/c1-3-19(29)27-18-8-13(11-26-23(18)31-2)17-9-15-12(10-25-17)4-5-14-20-16(28-21(14)15)6-7-24-22(20)30/h3,8-11,28H,1,4-7H2,2H3,(H,24,30)(H,27,29). The van der Waals surface area contributed by atoms with Crippen LogP contribution >= 0.6 is 0 Å². The third kappa shape index (κ3) is 3.16. The van der Waals surface area contributed by atoms with Crippen molar-refractivity contribution in [2.45, 2.75) is 19.3 Å². The molecule has 3 aromatic heterocycles. The topological polar surface area (TPSA) is 109 Å². The largest absolute Gasteiger partial charge is 0.480 e. The van der Waals surface area contributed by atoms with E-state index in [1.54, 1.807) is 12.3 Å². The predicted molar refractivity (Wildman–Crippen MR) is 116 cm³/mol. The summed E-state index contributed by atoms with van der Waals surface area (Å²) in [6.07, 6.45) is 7.16. The molecule has 0 saturated heterocycles. The molecule has 0 spiro atoms. The highest BCUT2D eigenvalue weighted by Crippen LogP contribution is 2.39. The number of nitrogens with one attached hydrogen (secondary N) is 3. The maximum Gasteiger partial charge on any atom is 0.253 e. The van der Waals surface area contributed by atoms with E-state index in [0.717, 1.165) is 58.5 Å². The van der Waals surface area contributed by atoms with Crippen LogP contribution in [0.3, 0.4) is 0 Å². The van der Waals surface area contributed by atoms with E-state index in [-0.39, 0.29) is 11.8 Å². The van der Waals surface area contributed by atoms with Crippen LogP contribution in [0.25, 0.3) is 22.5 Å². The molecule has 156 valence electrons. The molecule has 31 heavy (non-hydrogen) atoms. The summed E-state index contributed by atoms with van der Waals surface area (Å²) in [5.74, 6) is -0.0452. The van der Waals surface area contributed by atoms with Crippen LogP contribution in [-0.4, -0.2) is 40.4 Å². The van der Waals surface area contributed by atoms with E-state index in [1.807, 2.05) is 12.3 Å². The summed E-state index contributed by atoms with van der Waals surface area (Å²) in [5, 5.41) is 5.65. The Labute approximate surface area is 178 Å². The number of nitrogens with zero attached hydrogens (tertiary/aromatic N) is 2. The first-order valence-electron chi connectivity index (χ1n) is 10.1. The van der Waals surface area contributed by atoms with Crippen molar-refractivity contribution in [2.75, 3.05) is 19.0 Å². The van der Waals surface area contributed by atoms with Gasteiger partial charge in [0.05, 0.1) is 24.1 Å². The molecule has 2 amide bonds. The van der Waals surface area contributed by atoms with Crippen molar-refractivity contribution in [2.24, 2.45) is 0 Å². The van der Waals surface area contributed by atoms with Crippen molar-refractivity contribution < 1.29 is 14.3 Å². The number of amides is 2. The molecule has 0 fully saturated rings. The smallest absolute Gasteiger partial charge is 0.253 e. The first-order valence-corrected chi connectivity index (χ1v) is 10.1. The number of aromatic amines is 1. The number of hydrogen-bond acceptors (Lipinski definition) is 5. The summed E-state index contributed by atoms with van der Waals surface area (Å²) in [4.78, 5) is 36.6. The number of ether oxygens (including phenoxy) is 1. The quantitative estimate of drug-likeness (QED) is 0.568. The molecule has 0 radical (unpaired) electrons. The Morgan fingerprint density at radius 1 is 1.23 bits per heavy atom.